The molecular formula is C14H26BN3O2. The summed E-state index contributed by atoms with van der Waals surface area (Å²) in [5, 5.41) is 24.7. The Hall–Kier alpha value is -0.915. The molecule has 1 aromatic rings. The third-order valence-electron chi connectivity index (χ3n) is 3.12. The van der Waals surface area contributed by atoms with Gasteiger partial charge in [0.25, 0.3) is 0 Å². The van der Waals surface area contributed by atoms with E-state index in [1.54, 1.807) is 12.1 Å². The van der Waals surface area contributed by atoms with Crippen molar-refractivity contribution in [1.29, 1.82) is 0 Å². The van der Waals surface area contributed by atoms with Crippen LogP contribution >= 0.6 is 0 Å². The minimum atomic E-state index is -1.39. The van der Waals surface area contributed by atoms with Crippen LogP contribution in [0.4, 0.5) is 0 Å². The molecule has 0 aliphatic carbocycles. The summed E-state index contributed by atoms with van der Waals surface area (Å²) in [6.07, 6.45) is 3.34. The van der Waals surface area contributed by atoms with Crippen LogP contribution in [-0.4, -0.2) is 43.3 Å². The topological polar surface area (TPSA) is 90.5 Å². The average Bonchev–Trinajstić information content (AvgIpc) is 2.46. The largest absolute Gasteiger partial charge is 0.488 e. The van der Waals surface area contributed by atoms with E-state index in [1.165, 1.54) is 0 Å². The molecule has 0 saturated heterocycles. The molecule has 0 heterocycles. The predicted octanol–water partition coefficient (Wildman–Crippen LogP) is -0.825. The van der Waals surface area contributed by atoms with Gasteiger partial charge in [-0.15, -0.1) is 0 Å². The van der Waals surface area contributed by atoms with Crippen molar-refractivity contribution in [2.24, 2.45) is 5.73 Å². The highest BCUT2D eigenvalue weighted by Crippen LogP contribution is 1.97. The molecule has 0 saturated carbocycles. The zero-order chi connectivity index (χ0) is 14.6. The van der Waals surface area contributed by atoms with Crippen molar-refractivity contribution in [2.45, 2.75) is 25.8 Å². The lowest BCUT2D eigenvalue weighted by Gasteiger charge is -2.07. The maximum absolute atomic E-state index is 8.99. The van der Waals surface area contributed by atoms with Crippen molar-refractivity contribution in [3.63, 3.8) is 0 Å². The smallest absolute Gasteiger partial charge is 0.423 e. The monoisotopic (exact) mass is 279 g/mol. The first-order valence-electron chi connectivity index (χ1n) is 7.30. The molecule has 0 fully saturated rings. The number of unbranched alkanes of at least 4 members (excludes halogenated alkanes) is 1. The van der Waals surface area contributed by atoms with Gasteiger partial charge in [0.1, 0.15) is 0 Å². The molecule has 6 heteroatoms. The Morgan fingerprint density at radius 3 is 2.10 bits per heavy atom. The maximum atomic E-state index is 8.99. The van der Waals surface area contributed by atoms with Crippen LogP contribution in [0.15, 0.2) is 24.3 Å². The zero-order valence-electron chi connectivity index (χ0n) is 12.0. The molecule has 1 rings (SSSR count). The van der Waals surface area contributed by atoms with Gasteiger partial charge in [0.2, 0.25) is 0 Å². The van der Waals surface area contributed by atoms with E-state index in [0.29, 0.717) is 5.46 Å². The molecular weight excluding hydrogens is 253 g/mol. The van der Waals surface area contributed by atoms with Crippen molar-refractivity contribution < 1.29 is 10.0 Å². The summed E-state index contributed by atoms with van der Waals surface area (Å²) in [5.41, 5.74) is 7.09. The Morgan fingerprint density at radius 2 is 1.50 bits per heavy atom. The summed E-state index contributed by atoms with van der Waals surface area (Å²) in [5.74, 6) is 0. The van der Waals surface area contributed by atoms with Gasteiger partial charge in [0.05, 0.1) is 0 Å². The first-order valence-corrected chi connectivity index (χ1v) is 7.30. The van der Waals surface area contributed by atoms with E-state index in [4.69, 9.17) is 15.8 Å². The fourth-order valence-corrected chi connectivity index (χ4v) is 1.89. The summed E-state index contributed by atoms with van der Waals surface area (Å²) >= 11 is 0. The maximum Gasteiger partial charge on any atom is 0.488 e. The van der Waals surface area contributed by atoms with Crippen molar-refractivity contribution >= 4 is 12.6 Å². The number of hydrogen-bond acceptors (Lipinski definition) is 5. The van der Waals surface area contributed by atoms with E-state index >= 15 is 0 Å². The Bertz CT molecular complexity index is 347. The Labute approximate surface area is 121 Å². The van der Waals surface area contributed by atoms with Gasteiger partial charge in [-0.25, -0.2) is 0 Å². The van der Waals surface area contributed by atoms with Gasteiger partial charge in [0, 0.05) is 6.54 Å². The van der Waals surface area contributed by atoms with Crippen LogP contribution in [0, 0.1) is 0 Å². The summed E-state index contributed by atoms with van der Waals surface area (Å²) in [7, 11) is -1.39. The van der Waals surface area contributed by atoms with Gasteiger partial charge in [0.15, 0.2) is 0 Å². The van der Waals surface area contributed by atoms with Gasteiger partial charge < -0.3 is 26.4 Å². The average molecular weight is 279 g/mol. The van der Waals surface area contributed by atoms with E-state index in [-0.39, 0.29) is 0 Å². The van der Waals surface area contributed by atoms with Crippen LogP contribution < -0.4 is 21.8 Å². The molecule has 0 spiro atoms. The van der Waals surface area contributed by atoms with Gasteiger partial charge in [-0.05, 0) is 56.5 Å². The summed E-state index contributed by atoms with van der Waals surface area (Å²) in [6, 6.07) is 7.30. The number of rotatable bonds is 11. The minimum Gasteiger partial charge on any atom is -0.423 e. The number of benzene rings is 1. The highest BCUT2D eigenvalue weighted by atomic mass is 16.4. The number of nitrogens with one attached hydrogen (secondary N) is 2. The molecule has 20 heavy (non-hydrogen) atoms. The van der Waals surface area contributed by atoms with Crippen LogP contribution in [0.5, 0.6) is 0 Å². The molecule has 0 amide bonds. The molecule has 6 N–H and O–H groups in total. The van der Waals surface area contributed by atoms with Crippen LogP contribution in [0.3, 0.4) is 0 Å². The number of hydrogen-bond donors (Lipinski definition) is 5. The SMILES string of the molecule is NCCCNCCCCNCc1ccc(B(O)O)cc1. The summed E-state index contributed by atoms with van der Waals surface area (Å²) < 4.78 is 0. The molecule has 112 valence electrons. The van der Waals surface area contributed by atoms with Crippen molar-refractivity contribution in [3.8, 4) is 0 Å². The van der Waals surface area contributed by atoms with Crippen LogP contribution in [0.25, 0.3) is 0 Å². The Kier molecular flexibility index (Phi) is 9.27. The Morgan fingerprint density at radius 1 is 0.900 bits per heavy atom. The van der Waals surface area contributed by atoms with Crippen LogP contribution in [0.2, 0.25) is 0 Å². The highest BCUT2D eigenvalue weighted by Gasteiger charge is 2.09. The zero-order valence-corrected chi connectivity index (χ0v) is 12.0. The lowest BCUT2D eigenvalue weighted by Crippen LogP contribution is -2.29. The van der Waals surface area contributed by atoms with Gasteiger partial charge in [-0.2, -0.15) is 0 Å². The standard InChI is InChI=1S/C14H26BN3O2/c16-8-3-11-17-9-1-2-10-18-12-13-4-6-14(7-5-13)15(19)20/h4-7,17-20H,1-3,8-12,16H2. The molecule has 1 aromatic carbocycles. The molecule has 0 atom stereocenters. The van der Waals surface area contributed by atoms with Crippen molar-refractivity contribution in [3.05, 3.63) is 29.8 Å². The van der Waals surface area contributed by atoms with Crippen LogP contribution in [0.1, 0.15) is 24.8 Å². The van der Waals surface area contributed by atoms with Gasteiger partial charge in [-0.1, -0.05) is 24.3 Å². The molecule has 0 aliphatic heterocycles. The molecule has 0 unspecified atom stereocenters. The van der Waals surface area contributed by atoms with Gasteiger partial charge in [-0.3, -0.25) is 0 Å². The molecule has 5 nitrogen and oxygen atoms in total. The van der Waals surface area contributed by atoms with E-state index in [1.807, 2.05) is 12.1 Å². The molecule has 0 radical (unpaired) electrons. The third-order valence-corrected chi connectivity index (χ3v) is 3.12. The van der Waals surface area contributed by atoms with E-state index < -0.39 is 7.12 Å². The quantitative estimate of drug-likeness (QED) is 0.269. The fraction of sp³-hybridized carbons (Fsp3) is 0.571. The summed E-state index contributed by atoms with van der Waals surface area (Å²) in [6.45, 7) is 4.60. The van der Waals surface area contributed by atoms with E-state index in [0.717, 1.165) is 57.5 Å². The first-order chi connectivity index (χ1) is 9.74. The van der Waals surface area contributed by atoms with Crippen molar-refractivity contribution in [1.82, 2.24) is 10.6 Å². The predicted molar refractivity (Wildman–Crippen MR) is 83.7 cm³/mol. The lowest BCUT2D eigenvalue weighted by molar-refractivity contribution is 0.426. The highest BCUT2D eigenvalue weighted by molar-refractivity contribution is 6.58. The summed E-state index contributed by atoms with van der Waals surface area (Å²) in [4.78, 5) is 0. The van der Waals surface area contributed by atoms with Crippen LogP contribution in [-0.2, 0) is 6.54 Å². The second-order valence-corrected chi connectivity index (χ2v) is 4.89. The molecule has 0 aromatic heterocycles. The molecule has 0 bridgehead atoms. The number of nitrogens with two attached hydrogens (primary N) is 1. The van der Waals surface area contributed by atoms with E-state index in [2.05, 4.69) is 10.6 Å². The third kappa shape index (κ3) is 7.62. The first kappa shape index (κ1) is 17.1. The normalized spacial score (nSPS) is 10.8. The van der Waals surface area contributed by atoms with E-state index in [9.17, 15) is 0 Å². The van der Waals surface area contributed by atoms with Gasteiger partial charge >= 0.3 is 7.12 Å². The molecule has 0 aliphatic rings. The second-order valence-electron chi connectivity index (χ2n) is 4.89. The van der Waals surface area contributed by atoms with Crippen molar-refractivity contribution in [2.75, 3.05) is 26.2 Å². The Balaban J connectivity index is 2.01. The minimum absolute atomic E-state index is 0.525. The fourth-order valence-electron chi connectivity index (χ4n) is 1.89. The lowest BCUT2D eigenvalue weighted by atomic mass is 9.80. The second kappa shape index (κ2) is 10.8.